The maximum Gasteiger partial charge on any atom is 0.330 e. The van der Waals surface area contributed by atoms with Gasteiger partial charge in [0.1, 0.15) is 5.75 Å². The van der Waals surface area contributed by atoms with E-state index >= 15 is 0 Å². The predicted molar refractivity (Wildman–Crippen MR) is 91.3 cm³/mol. The van der Waals surface area contributed by atoms with Crippen molar-refractivity contribution < 1.29 is 19.1 Å². The van der Waals surface area contributed by atoms with Crippen LogP contribution in [0.15, 0.2) is 36.5 Å². The minimum atomic E-state index is -0.457. The summed E-state index contributed by atoms with van der Waals surface area (Å²) in [6.45, 7) is 0. The van der Waals surface area contributed by atoms with E-state index in [9.17, 15) is 9.59 Å². The smallest absolute Gasteiger partial charge is 0.330 e. The molecule has 0 bridgehead atoms. The van der Waals surface area contributed by atoms with Crippen molar-refractivity contribution in [2.24, 2.45) is 0 Å². The summed E-state index contributed by atoms with van der Waals surface area (Å²) in [7, 11) is 2.88. The van der Waals surface area contributed by atoms with Gasteiger partial charge in [-0.05, 0) is 29.8 Å². The number of amides is 1. The molecule has 6 heteroatoms. The molecule has 24 heavy (non-hydrogen) atoms. The van der Waals surface area contributed by atoms with Crippen LogP contribution in [0.25, 0.3) is 17.7 Å². The molecule has 6 nitrogen and oxygen atoms in total. The normalized spacial score (nSPS) is 14.8. The van der Waals surface area contributed by atoms with Gasteiger partial charge in [-0.15, -0.1) is 0 Å². The first-order valence-corrected chi connectivity index (χ1v) is 7.28. The number of rotatable bonds is 4. The third-order valence-corrected chi connectivity index (χ3v) is 3.71. The van der Waals surface area contributed by atoms with Gasteiger partial charge in [-0.3, -0.25) is 4.79 Å². The van der Waals surface area contributed by atoms with Gasteiger partial charge in [0.2, 0.25) is 0 Å². The van der Waals surface area contributed by atoms with E-state index in [0.717, 1.165) is 11.1 Å². The number of hydrogen-bond acceptors (Lipinski definition) is 4. The molecule has 0 spiro atoms. The van der Waals surface area contributed by atoms with Gasteiger partial charge >= 0.3 is 5.97 Å². The molecular weight excluding hydrogens is 308 g/mol. The van der Waals surface area contributed by atoms with Crippen molar-refractivity contribution in [3.8, 4) is 5.75 Å². The first-order chi connectivity index (χ1) is 11.6. The van der Waals surface area contributed by atoms with Crippen molar-refractivity contribution in [2.45, 2.75) is 0 Å². The number of ether oxygens (including phenoxy) is 2. The Morgan fingerprint density at radius 1 is 1.21 bits per heavy atom. The lowest BCUT2D eigenvalue weighted by Crippen LogP contribution is -2.03. The second kappa shape index (κ2) is 6.45. The van der Waals surface area contributed by atoms with Crippen molar-refractivity contribution in [1.29, 1.82) is 0 Å². The van der Waals surface area contributed by atoms with Crippen LogP contribution in [-0.4, -0.2) is 31.1 Å². The second-order valence-electron chi connectivity index (χ2n) is 5.10. The van der Waals surface area contributed by atoms with Crippen molar-refractivity contribution in [3.63, 3.8) is 0 Å². The number of nitrogens with one attached hydrogen (secondary N) is 2. The molecule has 2 N–H and O–H groups in total. The molecule has 2 heterocycles. The minimum Gasteiger partial charge on any atom is -0.495 e. The van der Waals surface area contributed by atoms with Crippen LogP contribution in [0, 0.1) is 0 Å². The molecule has 1 aliphatic rings. The zero-order valence-electron chi connectivity index (χ0n) is 13.3. The molecular formula is C18H16N2O4. The van der Waals surface area contributed by atoms with Gasteiger partial charge in [0.15, 0.2) is 0 Å². The number of esters is 1. The molecule has 0 fully saturated rings. The number of carbonyl (C=O) groups is 2. The highest BCUT2D eigenvalue weighted by Gasteiger charge is 2.26. The number of carbonyl (C=O) groups excluding carboxylic acids is 2. The third-order valence-electron chi connectivity index (χ3n) is 3.71. The average Bonchev–Trinajstić information content (AvgIpc) is 3.17. The Morgan fingerprint density at radius 2 is 2.04 bits per heavy atom. The fraction of sp³-hybridized carbons (Fsp3) is 0.111. The summed E-state index contributed by atoms with van der Waals surface area (Å²) in [5.41, 5.74) is 3.37. The second-order valence-corrected chi connectivity index (χ2v) is 5.10. The largest absolute Gasteiger partial charge is 0.495 e. The number of hydrogen-bond donors (Lipinski definition) is 2. The highest BCUT2D eigenvalue weighted by molar-refractivity contribution is 6.35. The minimum absolute atomic E-state index is 0.208. The maximum atomic E-state index is 12.4. The molecule has 0 atom stereocenters. The Balaban J connectivity index is 2.09. The van der Waals surface area contributed by atoms with Gasteiger partial charge < -0.3 is 19.8 Å². The van der Waals surface area contributed by atoms with Crippen LogP contribution in [0.1, 0.15) is 16.8 Å². The Morgan fingerprint density at radius 3 is 2.79 bits per heavy atom. The topological polar surface area (TPSA) is 80.4 Å². The number of fused-ring (bicyclic) bond motifs is 1. The average molecular weight is 324 g/mol. The molecule has 1 amide bonds. The van der Waals surface area contributed by atoms with E-state index in [2.05, 4.69) is 15.0 Å². The predicted octanol–water partition coefficient (Wildman–Crippen LogP) is 2.70. The number of aromatic nitrogens is 1. The van der Waals surface area contributed by atoms with Crippen molar-refractivity contribution in [1.82, 2.24) is 4.98 Å². The molecule has 0 saturated heterocycles. The first kappa shape index (κ1) is 15.6. The van der Waals surface area contributed by atoms with Gasteiger partial charge in [0.25, 0.3) is 5.91 Å². The molecule has 0 saturated carbocycles. The lowest BCUT2D eigenvalue weighted by molar-refractivity contribution is -0.134. The highest BCUT2D eigenvalue weighted by atomic mass is 16.5. The summed E-state index contributed by atoms with van der Waals surface area (Å²) in [5, 5.41) is 2.83. The van der Waals surface area contributed by atoms with Crippen LogP contribution in [0.4, 0.5) is 5.69 Å². The fourth-order valence-electron chi connectivity index (χ4n) is 2.58. The molecule has 1 aliphatic heterocycles. The summed E-state index contributed by atoms with van der Waals surface area (Å²) < 4.78 is 9.87. The van der Waals surface area contributed by atoms with Crippen molar-refractivity contribution in [3.05, 3.63) is 53.4 Å². The Hall–Kier alpha value is -3.28. The fourth-order valence-corrected chi connectivity index (χ4v) is 2.58. The first-order valence-electron chi connectivity index (χ1n) is 7.28. The number of H-pyrrole nitrogens is 1. The van der Waals surface area contributed by atoms with E-state index in [1.165, 1.54) is 13.2 Å². The van der Waals surface area contributed by atoms with Crippen LogP contribution < -0.4 is 10.1 Å². The van der Waals surface area contributed by atoms with Crippen LogP contribution in [-0.2, 0) is 14.3 Å². The molecule has 1 aromatic carbocycles. The highest BCUT2D eigenvalue weighted by Crippen LogP contribution is 2.37. The standard InChI is InChI=1S/C18H16N2O4/c1-23-15-8-9-19-14(15)10-12-17-11(6-7-16(21)24-2)4-3-5-13(17)20-18(12)22/h3-10,19H,1-2H3,(H,20,22)/b7-6+,12-10?. The molecule has 1 aromatic heterocycles. The van der Waals surface area contributed by atoms with Gasteiger partial charge in [-0.1, -0.05) is 12.1 Å². The van der Waals surface area contributed by atoms with E-state index in [1.807, 2.05) is 18.2 Å². The monoisotopic (exact) mass is 324 g/mol. The zero-order valence-corrected chi connectivity index (χ0v) is 13.3. The molecule has 122 valence electrons. The van der Waals surface area contributed by atoms with E-state index in [-0.39, 0.29) is 5.91 Å². The third kappa shape index (κ3) is 2.81. The molecule has 2 aromatic rings. The van der Waals surface area contributed by atoms with Crippen molar-refractivity contribution >= 4 is 35.3 Å². The van der Waals surface area contributed by atoms with Gasteiger partial charge in [0.05, 0.1) is 25.5 Å². The van der Waals surface area contributed by atoms with Crippen LogP contribution in [0.3, 0.4) is 0 Å². The lowest BCUT2D eigenvalue weighted by atomic mass is 9.99. The molecule has 0 radical (unpaired) electrons. The van der Waals surface area contributed by atoms with E-state index in [4.69, 9.17) is 4.74 Å². The van der Waals surface area contributed by atoms with Gasteiger partial charge in [-0.2, -0.15) is 0 Å². The Kier molecular flexibility index (Phi) is 4.20. The molecule has 0 aliphatic carbocycles. The quantitative estimate of drug-likeness (QED) is 0.669. The number of methoxy groups -OCH3 is 2. The summed E-state index contributed by atoms with van der Waals surface area (Å²) >= 11 is 0. The number of benzene rings is 1. The number of anilines is 1. The van der Waals surface area contributed by atoms with E-state index < -0.39 is 5.97 Å². The van der Waals surface area contributed by atoms with Crippen LogP contribution >= 0.6 is 0 Å². The lowest BCUT2D eigenvalue weighted by Gasteiger charge is -2.04. The SMILES string of the molecule is COC(=O)/C=C/c1cccc2c1C(=Cc1[nH]ccc1OC)C(=O)N2. The van der Waals surface area contributed by atoms with Crippen LogP contribution in [0.2, 0.25) is 0 Å². The number of aromatic amines is 1. The summed E-state index contributed by atoms with van der Waals surface area (Å²) in [4.78, 5) is 26.7. The summed E-state index contributed by atoms with van der Waals surface area (Å²) in [5.74, 6) is -0.0200. The molecule has 0 unspecified atom stereocenters. The van der Waals surface area contributed by atoms with E-state index in [1.54, 1.807) is 31.5 Å². The van der Waals surface area contributed by atoms with Crippen molar-refractivity contribution in [2.75, 3.05) is 19.5 Å². The Bertz CT molecular complexity index is 862. The maximum absolute atomic E-state index is 12.4. The summed E-state index contributed by atoms with van der Waals surface area (Å²) in [6, 6.07) is 7.24. The Labute approximate surface area is 138 Å². The van der Waals surface area contributed by atoms with E-state index in [0.29, 0.717) is 22.7 Å². The van der Waals surface area contributed by atoms with Crippen LogP contribution in [0.5, 0.6) is 5.75 Å². The van der Waals surface area contributed by atoms with Gasteiger partial charge in [0, 0.05) is 23.5 Å². The summed E-state index contributed by atoms with van der Waals surface area (Å²) in [6.07, 6.45) is 6.42. The molecule has 3 rings (SSSR count). The van der Waals surface area contributed by atoms with Gasteiger partial charge in [-0.25, -0.2) is 4.79 Å². The zero-order chi connectivity index (χ0) is 17.1.